The van der Waals surface area contributed by atoms with Gasteiger partial charge in [0.1, 0.15) is 0 Å². The van der Waals surface area contributed by atoms with Crippen LogP contribution in [0.4, 0.5) is 0 Å². The molecule has 1 aromatic carbocycles. The van der Waals surface area contributed by atoms with E-state index in [4.69, 9.17) is 4.52 Å². The van der Waals surface area contributed by atoms with Crippen LogP contribution in [0.15, 0.2) is 28.9 Å². The third kappa shape index (κ3) is 2.75. The van der Waals surface area contributed by atoms with Gasteiger partial charge in [-0.3, -0.25) is 0 Å². The van der Waals surface area contributed by atoms with Crippen molar-refractivity contribution in [3.63, 3.8) is 0 Å². The molecular formula is C21H25NO. The van der Waals surface area contributed by atoms with Crippen LogP contribution >= 0.6 is 0 Å². The average molecular weight is 307 g/mol. The van der Waals surface area contributed by atoms with E-state index in [0.717, 1.165) is 5.76 Å². The minimum atomic E-state index is 0.289. The average Bonchev–Trinajstić information content (AvgIpc) is 3.21. The van der Waals surface area contributed by atoms with Gasteiger partial charge in [-0.15, -0.1) is 0 Å². The van der Waals surface area contributed by atoms with E-state index in [1.807, 2.05) is 6.07 Å². The lowest BCUT2D eigenvalue weighted by molar-refractivity contribution is 0.413. The van der Waals surface area contributed by atoms with Gasteiger partial charge >= 0.3 is 0 Å². The molecule has 23 heavy (non-hydrogen) atoms. The Labute approximate surface area is 138 Å². The highest BCUT2D eigenvalue weighted by Gasteiger charge is 2.32. The summed E-state index contributed by atoms with van der Waals surface area (Å²) in [5, 5.41) is 3.84. The molecule has 0 bridgehead atoms. The zero-order valence-corrected chi connectivity index (χ0v) is 14.4. The van der Waals surface area contributed by atoms with Crippen LogP contribution in [0.2, 0.25) is 0 Å². The summed E-state index contributed by atoms with van der Waals surface area (Å²) in [5.74, 6) is 1.55. The van der Waals surface area contributed by atoms with Gasteiger partial charge in [0.15, 0.2) is 5.76 Å². The van der Waals surface area contributed by atoms with Gasteiger partial charge in [0.25, 0.3) is 0 Å². The van der Waals surface area contributed by atoms with Crippen LogP contribution in [0, 0.1) is 12.8 Å². The second-order valence-electron chi connectivity index (χ2n) is 7.85. The molecule has 0 amide bonds. The summed E-state index contributed by atoms with van der Waals surface area (Å²) < 4.78 is 5.33. The molecular weight excluding hydrogens is 282 g/mol. The van der Waals surface area contributed by atoms with Crippen molar-refractivity contribution in [3.8, 4) is 0 Å². The predicted molar refractivity (Wildman–Crippen MR) is 94.2 cm³/mol. The minimum absolute atomic E-state index is 0.289. The number of allylic oxidation sites excluding steroid dienone is 1. The fourth-order valence-corrected chi connectivity index (χ4v) is 4.03. The van der Waals surface area contributed by atoms with Crippen LogP contribution in [-0.2, 0) is 11.8 Å². The molecule has 2 aromatic rings. The van der Waals surface area contributed by atoms with Gasteiger partial charge in [-0.25, -0.2) is 0 Å². The van der Waals surface area contributed by atoms with E-state index in [1.54, 1.807) is 17.3 Å². The molecule has 0 N–H and O–H groups in total. The first-order chi connectivity index (χ1) is 11.0. The fourth-order valence-electron chi connectivity index (χ4n) is 4.03. The SMILES string of the molecule is Cc1cc2c(cc1C(=Cc1ccno1)C1CC1)C(C)(C)CCC2. The maximum absolute atomic E-state index is 5.33. The van der Waals surface area contributed by atoms with Crippen LogP contribution in [0.5, 0.6) is 0 Å². The maximum atomic E-state index is 5.33. The number of nitrogens with zero attached hydrogens (tertiary/aromatic N) is 1. The highest BCUT2D eigenvalue weighted by Crippen LogP contribution is 2.46. The van der Waals surface area contributed by atoms with Crippen molar-refractivity contribution >= 4 is 11.6 Å². The Morgan fingerprint density at radius 3 is 2.83 bits per heavy atom. The highest BCUT2D eigenvalue weighted by atomic mass is 16.5. The minimum Gasteiger partial charge on any atom is -0.357 e. The van der Waals surface area contributed by atoms with Crippen molar-refractivity contribution in [2.45, 2.75) is 58.3 Å². The smallest absolute Gasteiger partial charge is 0.159 e. The zero-order valence-electron chi connectivity index (χ0n) is 14.4. The molecule has 2 heteroatoms. The third-order valence-electron chi connectivity index (χ3n) is 5.51. The molecule has 1 aromatic heterocycles. The number of hydrogen-bond acceptors (Lipinski definition) is 2. The molecule has 4 rings (SSSR count). The van der Waals surface area contributed by atoms with Gasteiger partial charge < -0.3 is 4.52 Å². The van der Waals surface area contributed by atoms with Gasteiger partial charge in [0, 0.05) is 6.07 Å². The van der Waals surface area contributed by atoms with Crippen molar-refractivity contribution in [2.75, 3.05) is 0 Å². The second-order valence-corrected chi connectivity index (χ2v) is 7.85. The molecule has 1 heterocycles. The van der Waals surface area contributed by atoms with E-state index in [2.05, 4.69) is 44.1 Å². The standard InChI is InChI=1S/C21H25NO/c1-14-11-16-5-4-9-21(2,3)20(16)13-18(14)19(15-6-7-15)12-17-8-10-22-23-17/h8,10-13,15H,4-7,9H2,1-3H3. The van der Waals surface area contributed by atoms with E-state index < -0.39 is 0 Å². The monoisotopic (exact) mass is 307 g/mol. The van der Waals surface area contributed by atoms with E-state index in [9.17, 15) is 0 Å². The van der Waals surface area contributed by atoms with E-state index in [-0.39, 0.29) is 5.41 Å². The number of rotatable bonds is 3. The Morgan fingerprint density at radius 1 is 1.30 bits per heavy atom. The molecule has 0 radical (unpaired) electrons. The zero-order chi connectivity index (χ0) is 16.0. The molecule has 2 aliphatic carbocycles. The molecule has 0 atom stereocenters. The van der Waals surface area contributed by atoms with Crippen molar-refractivity contribution in [2.24, 2.45) is 5.92 Å². The van der Waals surface area contributed by atoms with Crippen molar-refractivity contribution < 1.29 is 4.52 Å². The van der Waals surface area contributed by atoms with E-state index in [0.29, 0.717) is 5.92 Å². The first kappa shape index (κ1) is 14.7. The Balaban J connectivity index is 1.84. The normalized spacial score (nSPS) is 20.4. The summed E-state index contributed by atoms with van der Waals surface area (Å²) in [7, 11) is 0. The van der Waals surface area contributed by atoms with Crippen LogP contribution in [0.3, 0.4) is 0 Å². The van der Waals surface area contributed by atoms with Crippen molar-refractivity contribution in [1.82, 2.24) is 5.16 Å². The van der Waals surface area contributed by atoms with Gasteiger partial charge in [0.2, 0.25) is 0 Å². The Morgan fingerprint density at radius 2 is 2.13 bits per heavy atom. The number of aryl methyl sites for hydroxylation is 2. The summed E-state index contributed by atoms with van der Waals surface area (Å²) in [6.45, 7) is 7.04. The molecule has 1 fully saturated rings. The largest absolute Gasteiger partial charge is 0.357 e. The molecule has 0 aliphatic heterocycles. The Bertz CT molecular complexity index is 748. The molecule has 0 unspecified atom stereocenters. The van der Waals surface area contributed by atoms with Gasteiger partial charge in [-0.05, 0) is 84.3 Å². The third-order valence-corrected chi connectivity index (χ3v) is 5.51. The van der Waals surface area contributed by atoms with Gasteiger partial charge in [-0.2, -0.15) is 0 Å². The van der Waals surface area contributed by atoms with Crippen LogP contribution in [-0.4, -0.2) is 5.16 Å². The Kier molecular flexibility index (Phi) is 3.44. The summed E-state index contributed by atoms with van der Waals surface area (Å²) in [6, 6.07) is 6.85. The predicted octanol–water partition coefficient (Wildman–Crippen LogP) is 5.55. The molecule has 2 aliphatic rings. The highest BCUT2D eigenvalue weighted by molar-refractivity contribution is 5.84. The summed E-state index contributed by atoms with van der Waals surface area (Å²) in [5.41, 5.74) is 7.64. The summed E-state index contributed by atoms with van der Waals surface area (Å²) in [4.78, 5) is 0. The van der Waals surface area contributed by atoms with Crippen LogP contribution in [0.1, 0.15) is 67.5 Å². The maximum Gasteiger partial charge on any atom is 0.159 e. The molecule has 0 saturated heterocycles. The van der Waals surface area contributed by atoms with Crippen molar-refractivity contribution in [3.05, 3.63) is 52.4 Å². The molecule has 2 nitrogen and oxygen atoms in total. The first-order valence-corrected chi connectivity index (χ1v) is 8.81. The van der Waals surface area contributed by atoms with Crippen molar-refractivity contribution in [1.29, 1.82) is 0 Å². The summed E-state index contributed by atoms with van der Waals surface area (Å²) >= 11 is 0. The molecule has 0 spiro atoms. The second kappa shape index (κ2) is 5.36. The van der Waals surface area contributed by atoms with E-state index in [1.165, 1.54) is 48.8 Å². The Hall–Kier alpha value is -1.83. The fraction of sp³-hybridized carbons (Fsp3) is 0.476. The number of aromatic nitrogens is 1. The van der Waals surface area contributed by atoms with Crippen LogP contribution < -0.4 is 0 Å². The quantitative estimate of drug-likeness (QED) is 0.743. The number of hydrogen-bond donors (Lipinski definition) is 0. The lowest BCUT2D eigenvalue weighted by Crippen LogP contribution is -2.24. The lowest BCUT2D eigenvalue weighted by Gasteiger charge is -2.33. The first-order valence-electron chi connectivity index (χ1n) is 8.81. The summed E-state index contributed by atoms with van der Waals surface area (Å²) in [6.07, 6.45) is 10.3. The van der Waals surface area contributed by atoms with Gasteiger partial charge in [0.05, 0.1) is 6.20 Å². The lowest BCUT2D eigenvalue weighted by atomic mass is 9.71. The molecule has 120 valence electrons. The van der Waals surface area contributed by atoms with E-state index >= 15 is 0 Å². The van der Waals surface area contributed by atoms with Crippen LogP contribution in [0.25, 0.3) is 11.6 Å². The van der Waals surface area contributed by atoms with Gasteiger partial charge in [-0.1, -0.05) is 31.1 Å². The number of benzene rings is 1. The molecule has 1 saturated carbocycles. The number of fused-ring (bicyclic) bond motifs is 1. The topological polar surface area (TPSA) is 26.0 Å².